The van der Waals surface area contributed by atoms with Crippen LogP contribution in [0.2, 0.25) is 0 Å². The molecular formula is C21H28F2N4O3S. The smallest absolute Gasteiger partial charge is 0.282 e. The number of aryl methyl sites for hydroxylation is 1. The van der Waals surface area contributed by atoms with Crippen LogP contribution in [0.3, 0.4) is 0 Å². The van der Waals surface area contributed by atoms with E-state index in [2.05, 4.69) is 15.3 Å². The highest BCUT2D eigenvalue weighted by Crippen LogP contribution is 2.37. The van der Waals surface area contributed by atoms with E-state index in [1.165, 1.54) is 18.3 Å². The Morgan fingerprint density at radius 3 is 2.61 bits per heavy atom. The van der Waals surface area contributed by atoms with Crippen LogP contribution in [-0.4, -0.2) is 59.7 Å². The number of nitrogens with zero attached hydrogens (tertiary/aromatic N) is 3. The van der Waals surface area contributed by atoms with Crippen molar-refractivity contribution in [3.63, 3.8) is 0 Å². The van der Waals surface area contributed by atoms with Gasteiger partial charge in [-0.05, 0) is 45.1 Å². The summed E-state index contributed by atoms with van der Waals surface area (Å²) in [6.45, 7) is 5.30. The van der Waals surface area contributed by atoms with Crippen molar-refractivity contribution < 1.29 is 23.0 Å². The van der Waals surface area contributed by atoms with Crippen LogP contribution in [-0.2, 0) is 9.53 Å². The van der Waals surface area contributed by atoms with E-state index < -0.39 is 5.92 Å². The molecule has 2 aromatic heterocycles. The van der Waals surface area contributed by atoms with Gasteiger partial charge in [0, 0.05) is 19.0 Å². The van der Waals surface area contributed by atoms with E-state index in [1.54, 1.807) is 4.90 Å². The van der Waals surface area contributed by atoms with Crippen LogP contribution < -0.4 is 15.0 Å². The lowest BCUT2D eigenvalue weighted by Gasteiger charge is -2.38. The molecule has 0 radical (unpaired) electrons. The molecule has 1 atom stereocenters. The number of thiazole rings is 1. The number of amides is 1. The number of halogens is 2. The molecule has 10 heteroatoms. The first-order chi connectivity index (χ1) is 14.7. The van der Waals surface area contributed by atoms with E-state index in [9.17, 15) is 13.6 Å². The average Bonchev–Trinajstić information content (AvgIpc) is 3.09. The molecule has 3 heterocycles. The molecule has 31 heavy (non-hydrogen) atoms. The first-order valence-electron chi connectivity index (χ1n) is 10.6. The summed E-state index contributed by atoms with van der Waals surface area (Å²) in [5.74, 6) is -2.12. The maximum atomic E-state index is 13.2. The molecular weight excluding hydrogens is 426 g/mol. The maximum Gasteiger partial charge on any atom is 0.282 e. The predicted octanol–water partition coefficient (Wildman–Crippen LogP) is 3.69. The minimum atomic E-state index is -2.63. The standard InChI is InChI=1S/C21H28F2N4O3S/c1-12-8-17(25-19-18(12)26-20(31-19)27-10-21(22,23)11-27)30-16-6-4-15(5-7-16)29-9-13(2)24-14(3)28/h8,13,15-16H,4-7,9-11H2,1-3H3,(H,24,28)/t13-,15-,16-/m0/s1. The molecule has 1 saturated carbocycles. The van der Waals surface area contributed by atoms with Crippen molar-refractivity contribution >= 4 is 32.7 Å². The summed E-state index contributed by atoms with van der Waals surface area (Å²) in [5.41, 5.74) is 1.67. The van der Waals surface area contributed by atoms with Gasteiger partial charge >= 0.3 is 0 Å². The maximum absolute atomic E-state index is 13.2. The van der Waals surface area contributed by atoms with Crippen molar-refractivity contribution in [2.75, 3.05) is 24.6 Å². The Bertz CT molecular complexity index is 938. The van der Waals surface area contributed by atoms with Crippen LogP contribution in [0.15, 0.2) is 6.07 Å². The van der Waals surface area contributed by atoms with Crippen LogP contribution in [0.5, 0.6) is 5.88 Å². The van der Waals surface area contributed by atoms with Crippen LogP contribution in [0.1, 0.15) is 45.1 Å². The Hall–Kier alpha value is -2.07. The van der Waals surface area contributed by atoms with E-state index >= 15 is 0 Å². The number of aromatic nitrogens is 2. The molecule has 170 valence electrons. The number of hydrogen-bond acceptors (Lipinski definition) is 7. The minimum absolute atomic E-state index is 0.00263. The zero-order valence-corrected chi connectivity index (χ0v) is 18.8. The molecule has 0 bridgehead atoms. The van der Waals surface area contributed by atoms with Crippen molar-refractivity contribution in [2.24, 2.45) is 0 Å². The lowest BCUT2D eigenvalue weighted by Crippen LogP contribution is -2.56. The second-order valence-electron chi connectivity index (χ2n) is 8.59. The molecule has 2 fully saturated rings. The first-order valence-corrected chi connectivity index (χ1v) is 11.5. The molecule has 1 N–H and O–H groups in total. The zero-order chi connectivity index (χ0) is 22.2. The van der Waals surface area contributed by atoms with Crippen molar-refractivity contribution in [1.29, 1.82) is 0 Å². The Balaban J connectivity index is 1.31. The Morgan fingerprint density at radius 2 is 1.97 bits per heavy atom. The van der Waals surface area contributed by atoms with Crippen molar-refractivity contribution in [1.82, 2.24) is 15.3 Å². The summed E-state index contributed by atoms with van der Waals surface area (Å²) in [4.78, 5) is 22.5. The number of carbonyl (C=O) groups is 1. The normalized spacial score (nSPS) is 24.0. The van der Waals surface area contributed by atoms with Gasteiger partial charge in [-0.25, -0.2) is 18.7 Å². The Morgan fingerprint density at radius 1 is 1.29 bits per heavy atom. The molecule has 1 amide bonds. The zero-order valence-electron chi connectivity index (χ0n) is 18.0. The number of ether oxygens (including phenoxy) is 2. The molecule has 4 rings (SSSR count). The molecule has 7 nitrogen and oxygen atoms in total. The lowest BCUT2D eigenvalue weighted by molar-refractivity contribution is -0.120. The number of pyridine rings is 1. The quantitative estimate of drug-likeness (QED) is 0.688. The lowest BCUT2D eigenvalue weighted by atomic mass is 9.95. The topological polar surface area (TPSA) is 76.6 Å². The first kappa shape index (κ1) is 22.1. The molecule has 2 aromatic rings. The highest BCUT2D eigenvalue weighted by Gasteiger charge is 2.45. The van der Waals surface area contributed by atoms with Gasteiger partial charge in [0.1, 0.15) is 16.5 Å². The monoisotopic (exact) mass is 454 g/mol. The van der Waals surface area contributed by atoms with Gasteiger partial charge in [-0.15, -0.1) is 0 Å². The van der Waals surface area contributed by atoms with Gasteiger partial charge in [0.25, 0.3) is 5.92 Å². The third-order valence-corrected chi connectivity index (χ3v) is 6.59. The average molecular weight is 455 g/mol. The molecule has 1 aliphatic carbocycles. The third-order valence-electron chi connectivity index (χ3n) is 5.58. The van der Waals surface area contributed by atoms with Crippen LogP contribution in [0, 0.1) is 6.92 Å². The van der Waals surface area contributed by atoms with E-state index in [0.717, 1.165) is 36.8 Å². The van der Waals surface area contributed by atoms with Crippen LogP contribution in [0.25, 0.3) is 10.3 Å². The Labute approximate surface area is 184 Å². The molecule has 1 aliphatic heterocycles. The predicted molar refractivity (Wildman–Crippen MR) is 115 cm³/mol. The van der Waals surface area contributed by atoms with Crippen molar-refractivity contribution in [3.8, 4) is 5.88 Å². The van der Waals surface area contributed by atoms with Gasteiger partial charge in [-0.1, -0.05) is 11.3 Å². The second kappa shape index (κ2) is 8.82. The third kappa shape index (κ3) is 5.41. The summed E-state index contributed by atoms with van der Waals surface area (Å²) < 4.78 is 38.4. The summed E-state index contributed by atoms with van der Waals surface area (Å²) in [6.07, 6.45) is 3.77. The summed E-state index contributed by atoms with van der Waals surface area (Å²) in [6, 6.07) is 1.87. The number of rotatable bonds is 7. The number of fused-ring (bicyclic) bond motifs is 1. The second-order valence-corrected chi connectivity index (χ2v) is 9.55. The fraction of sp³-hybridized carbons (Fsp3) is 0.667. The van der Waals surface area contributed by atoms with E-state index in [1.807, 2.05) is 19.9 Å². The minimum Gasteiger partial charge on any atom is -0.474 e. The molecule has 2 aliphatic rings. The molecule has 0 aromatic carbocycles. The van der Waals surface area contributed by atoms with E-state index in [4.69, 9.17) is 9.47 Å². The van der Waals surface area contributed by atoms with Crippen LogP contribution >= 0.6 is 11.3 Å². The number of nitrogens with one attached hydrogen (secondary N) is 1. The van der Waals surface area contributed by atoms with Gasteiger partial charge in [0.15, 0.2) is 5.13 Å². The number of alkyl halides is 2. The molecule has 0 spiro atoms. The Kier molecular flexibility index (Phi) is 6.30. The molecule has 1 saturated heterocycles. The molecule has 0 unspecified atom stereocenters. The highest BCUT2D eigenvalue weighted by atomic mass is 32.1. The van der Waals surface area contributed by atoms with Gasteiger partial charge in [0.2, 0.25) is 11.8 Å². The fourth-order valence-corrected chi connectivity index (χ4v) is 5.03. The summed E-state index contributed by atoms with van der Waals surface area (Å²) >= 11 is 1.33. The van der Waals surface area contributed by atoms with Gasteiger partial charge in [-0.2, -0.15) is 0 Å². The van der Waals surface area contributed by atoms with Gasteiger partial charge < -0.3 is 19.7 Å². The van der Waals surface area contributed by atoms with Gasteiger partial charge in [0.05, 0.1) is 25.8 Å². The van der Waals surface area contributed by atoms with E-state index in [-0.39, 0.29) is 37.2 Å². The van der Waals surface area contributed by atoms with Crippen molar-refractivity contribution in [3.05, 3.63) is 11.6 Å². The summed E-state index contributed by atoms with van der Waals surface area (Å²) in [7, 11) is 0. The van der Waals surface area contributed by atoms with Gasteiger partial charge in [-0.3, -0.25) is 4.79 Å². The number of carbonyl (C=O) groups excluding carboxylic acids is 1. The largest absolute Gasteiger partial charge is 0.474 e. The highest BCUT2D eigenvalue weighted by molar-refractivity contribution is 7.21. The number of hydrogen-bond donors (Lipinski definition) is 1. The fourth-order valence-electron chi connectivity index (χ4n) is 4.02. The van der Waals surface area contributed by atoms with E-state index in [0.29, 0.717) is 22.4 Å². The SMILES string of the molecule is CC(=O)N[C@@H](C)CO[C@H]1CC[C@H](Oc2cc(C)c3nc(N4CC(F)(F)C4)sc3n2)CC1. The summed E-state index contributed by atoms with van der Waals surface area (Å²) in [5, 5.41) is 3.41. The van der Waals surface area contributed by atoms with Crippen LogP contribution in [0.4, 0.5) is 13.9 Å². The van der Waals surface area contributed by atoms with Crippen molar-refractivity contribution in [2.45, 2.75) is 70.6 Å². The number of anilines is 1.